The number of nitrogens with one attached hydrogen (secondary N) is 2. The Morgan fingerprint density at radius 3 is 2.00 bits per heavy atom. The van der Waals surface area contributed by atoms with Gasteiger partial charge in [0.15, 0.2) is 0 Å². The molecule has 2 N–H and O–H groups in total. The monoisotopic (exact) mass is 825 g/mol. The number of alkyl carbamates (subject to hydrolysis) is 2. The van der Waals surface area contributed by atoms with E-state index in [4.69, 9.17) is 28.4 Å². The number of methoxy groups -OCH3 is 2. The van der Waals surface area contributed by atoms with Crippen molar-refractivity contribution in [3.05, 3.63) is 71.1 Å². The lowest BCUT2D eigenvalue weighted by Crippen LogP contribution is -2.54. The van der Waals surface area contributed by atoms with E-state index in [-0.39, 0.29) is 12.0 Å². The average molecular weight is 825 g/mol. The molecule has 4 amide bonds. The van der Waals surface area contributed by atoms with E-state index in [0.717, 1.165) is 72.6 Å². The molecule has 3 aliphatic carbocycles. The molecule has 0 radical (unpaired) electrons. The minimum absolute atomic E-state index is 0.00478. The largest absolute Gasteiger partial charge is 0.453 e. The molecule has 316 valence electrons. The normalized spacial score (nSPS) is 31.2. The molecule has 4 aliphatic heterocycles. The Balaban J connectivity index is 0.915. The molecule has 2 aromatic carbocycles. The highest BCUT2D eigenvalue weighted by Gasteiger charge is 2.56. The topological polar surface area (TPSA) is 142 Å². The highest BCUT2D eigenvalue weighted by Crippen LogP contribution is 2.58. The van der Waals surface area contributed by atoms with Crippen LogP contribution in [0.4, 0.5) is 9.59 Å². The molecule has 12 heteroatoms. The number of carbonyl (C=O) groups excluding carboxylic acids is 4. The fourth-order valence-electron chi connectivity index (χ4n) is 10.7. The fraction of sp³-hybridized carbons (Fsp3) is 0.542. The van der Waals surface area contributed by atoms with E-state index in [0.29, 0.717) is 62.6 Å². The van der Waals surface area contributed by atoms with Crippen LogP contribution in [0.2, 0.25) is 0 Å². The van der Waals surface area contributed by atoms with Gasteiger partial charge in [-0.15, -0.1) is 0 Å². The van der Waals surface area contributed by atoms with Crippen LogP contribution >= 0.6 is 0 Å². The number of likely N-dealkylation sites (tertiary alicyclic amines) is 2. The maximum Gasteiger partial charge on any atom is 0.407 e. The third-order valence-electron chi connectivity index (χ3n) is 13.6. The van der Waals surface area contributed by atoms with Crippen LogP contribution in [0.3, 0.4) is 0 Å². The fourth-order valence-corrected chi connectivity index (χ4v) is 10.7. The second kappa shape index (κ2) is 16.0. The first-order valence-corrected chi connectivity index (χ1v) is 20.9. The summed E-state index contributed by atoms with van der Waals surface area (Å²) < 4.78 is 93.4. The van der Waals surface area contributed by atoms with Crippen molar-refractivity contribution in [1.29, 1.82) is 0 Å². The Morgan fingerprint density at radius 1 is 0.733 bits per heavy atom. The van der Waals surface area contributed by atoms with Gasteiger partial charge in [-0.25, -0.2) is 9.59 Å². The number of nitrogens with zero attached hydrogens (tertiary/aromatic N) is 4. The van der Waals surface area contributed by atoms with Crippen LogP contribution in [0.1, 0.15) is 133 Å². The van der Waals surface area contributed by atoms with E-state index < -0.39 is 73.6 Å². The maximum atomic E-state index is 14.5. The predicted molar refractivity (Wildman–Crippen MR) is 231 cm³/mol. The van der Waals surface area contributed by atoms with Crippen molar-refractivity contribution in [2.24, 2.45) is 27.7 Å². The summed E-state index contributed by atoms with van der Waals surface area (Å²) >= 11 is 0. The van der Waals surface area contributed by atoms with Crippen LogP contribution in [-0.4, -0.2) is 96.1 Å². The van der Waals surface area contributed by atoms with Gasteiger partial charge in [0.25, 0.3) is 0 Å². The smallest absolute Gasteiger partial charge is 0.407 e. The number of carbonyl (C=O) groups is 4. The number of allylic oxidation sites excluding steroid dienone is 2. The van der Waals surface area contributed by atoms with E-state index >= 15 is 0 Å². The lowest BCUT2D eigenvalue weighted by molar-refractivity contribution is -0.135. The Hall–Kier alpha value is -5.26. The van der Waals surface area contributed by atoms with Crippen molar-refractivity contribution in [3.8, 4) is 11.1 Å². The third kappa shape index (κ3) is 7.13. The molecule has 4 heterocycles. The van der Waals surface area contributed by atoms with Crippen LogP contribution in [0.25, 0.3) is 22.3 Å². The second-order valence-corrected chi connectivity index (χ2v) is 17.2. The molecule has 2 aromatic rings. The zero-order valence-electron chi connectivity index (χ0n) is 44.4. The predicted octanol–water partition coefficient (Wildman–Crippen LogP) is 7.83. The molecule has 2 saturated carbocycles. The third-order valence-corrected chi connectivity index (χ3v) is 13.6. The van der Waals surface area contributed by atoms with E-state index in [1.165, 1.54) is 29.9 Å². The summed E-state index contributed by atoms with van der Waals surface area (Å²) in [7, 11) is 2.08. The number of rotatable bonds is 11. The van der Waals surface area contributed by atoms with Crippen LogP contribution in [0, 0.1) is 17.7 Å². The molecular weight excluding hydrogens is 757 g/mol. The van der Waals surface area contributed by atoms with Crippen molar-refractivity contribution in [2.45, 2.75) is 127 Å². The molecule has 2 bridgehead atoms. The number of benzene rings is 2. The molecule has 4 unspecified atom stereocenters. The number of amides is 4. The maximum absolute atomic E-state index is 14.5. The number of ether oxygens (including phenoxy) is 2. The zero-order chi connectivity index (χ0) is 50.7. The Labute approximate surface area is 367 Å². The van der Waals surface area contributed by atoms with E-state index in [1.807, 2.05) is 23.6 Å². The summed E-state index contributed by atoms with van der Waals surface area (Å²) in [6.07, 6.45) is 7.67. The minimum atomic E-state index is -3.77. The lowest BCUT2D eigenvalue weighted by atomic mass is 9.80. The Kier molecular flexibility index (Phi) is 7.95. The molecule has 9 rings (SSSR count). The van der Waals surface area contributed by atoms with Crippen molar-refractivity contribution < 1.29 is 42.4 Å². The molecule has 0 spiro atoms. The van der Waals surface area contributed by atoms with Crippen molar-refractivity contribution in [2.75, 3.05) is 20.8 Å². The standard InChI is InChI=1S/C48H58N6O6/c1-25(2)43(51-47(57)59-5)45(55)53-17-7-8-38(53)36-20-33(24-50-36)35-16-15-34(41-29-13-14-30(18-29)42(35)41)28-11-9-27(10-12-28)32-19-37(49-23-32)40-22-31-21-39(31)54(40)46(56)44(26(3)4)52-48(58)60-6/h9-12,15-16,23-26,29-31,38-40,43-44H,7-8,13-14,17-22H2,1-6H3,(H,51,57)(H,52,58)/t29?,30?,31?,38-,39?,40-,43-,44-/m0/s1/i3D3,4D3,25D,26D,43D,44D. The van der Waals surface area contributed by atoms with Crippen LogP contribution < -0.4 is 10.6 Å². The number of hydrogen-bond acceptors (Lipinski definition) is 8. The summed E-state index contributed by atoms with van der Waals surface area (Å²) in [5.41, 5.74) is 10.2. The molecule has 8 atom stereocenters. The Morgan fingerprint density at radius 2 is 1.33 bits per heavy atom. The first kappa shape index (κ1) is 29.9. The van der Waals surface area contributed by atoms with Crippen molar-refractivity contribution >= 4 is 46.6 Å². The van der Waals surface area contributed by atoms with Crippen LogP contribution in [-0.2, 0) is 19.1 Å². The highest BCUT2D eigenvalue weighted by atomic mass is 16.5. The van der Waals surface area contributed by atoms with Gasteiger partial charge in [0.2, 0.25) is 11.8 Å². The van der Waals surface area contributed by atoms with Gasteiger partial charge in [-0.3, -0.25) is 19.6 Å². The van der Waals surface area contributed by atoms with Gasteiger partial charge < -0.3 is 29.9 Å². The average Bonchev–Trinajstić information content (AvgIpc) is 4.07. The zero-order valence-corrected chi connectivity index (χ0v) is 34.4. The molecular formula is C48H58N6O6. The van der Waals surface area contributed by atoms with Crippen molar-refractivity contribution in [3.63, 3.8) is 0 Å². The number of piperidine rings is 1. The minimum Gasteiger partial charge on any atom is -0.453 e. The van der Waals surface area contributed by atoms with Crippen LogP contribution in [0.5, 0.6) is 0 Å². The van der Waals surface area contributed by atoms with E-state index in [2.05, 4.69) is 34.3 Å². The first-order chi connectivity index (χ1) is 32.8. The Bertz CT molecular complexity index is 2650. The van der Waals surface area contributed by atoms with Gasteiger partial charge in [-0.05, 0) is 119 Å². The molecule has 7 aliphatic rings. The van der Waals surface area contributed by atoms with Crippen LogP contribution in [0.15, 0.2) is 58.8 Å². The van der Waals surface area contributed by atoms with Gasteiger partial charge in [0, 0.05) is 60.2 Å². The first-order valence-electron chi connectivity index (χ1n) is 25.9. The number of aliphatic imine (C=N–C) groups is 2. The number of fused-ring (bicyclic) bond motifs is 6. The quantitative estimate of drug-likeness (QED) is 0.237. The van der Waals surface area contributed by atoms with E-state index in [9.17, 15) is 19.2 Å². The summed E-state index contributed by atoms with van der Waals surface area (Å²) in [5.74, 6) is -6.62. The molecule has 2 saturated heterocycles. The molecule has 12 nitrogen and oxygen atoms in total. The molecule has 4 fully saturated rings. The summed E-state index contributed by atoms with van der Waals surface area (Å²) in [5, 5.41) is 4.19. The second-order valence-electron chi connectivity index (χ2n) is 17.2. The van der Waals surface area contributed by atoms with Gasteiger partial charge in [-0.1, -0.05) is 63.9 Å². The van der Waals surface area contributed by atoms with Gasteiger partial charge in [0.1, 0.15) is 12.0 Å². The summed E-state index contributed by atoms with van der Waals surface area (Å²) in [6.45, 7) is -4.19. The molecule has 0 aromatic heterocycles. The summed E-state index contributed by atoms with van der Waals surface area (Å²) in [6, 6.07) is 5.26. The van der Waals surface area contributed by atoms with Gasteiger partial charge in [-0.2, -0.15) is 0 Å². The SMILES string of the molecule is [2H]C([2H])([2H])C([2H])(C([2H])([2H])[2H])[C@]([2H])(NC(=O)OC)C(=O)N1C2CC2C[C@H]1C1=NC=C(c2ccc(-c3ccc(C4=CN=C([C@@H]5CCCN5C(=O)[C@@]([2H])(NC(=O)OC)C([2H])(C)C)C4)c4c3C3CCC4C3)cc2)C1. The summed E-state index contributed by atoms with van der Waals surface area (Å²) in [4.78, 5) is 65.8. The number of hydrogen-bond donors (Lipinski definition) is 2. The molecule has 60 heavy (non-hydrogen) atoms. The van der Waals surface area contributed by atoms with Gasteiger partial charge in [0.05, 0.1) is 29.0 Å². The van der Waals surface area contributed by atoms with Gasteiger partial charge >= 0.3 is 12.2 Å². The van der Waals surface area contributed by atoms with E-state index in [1.54, 1.807) is 11.1 Å². The lowest BCUT2D eigenvalue weighted by Gasteiger charge is -2.33. The van der Waals surface area contributed by atoms with Crippen molar-refractivity contribution in [1.82, 2.24) is 20.4 Å². The highest BCUT2D eigenvalue weighted by molar-refractivity contribution is 6.05.